The van der Waals surface area contributed by atoms with Gasteiger partial charge in [-0.05, 0) is 74.2 Å². The van der Waals surface area contributed by atoms with E-state index in [-0.39, 0.29) is 0 Å². The number of phenolic OH excluding ortho intramolecular Hbond substituents is 1. The van der Waals surface area contributed by atoms with Gasteiger partial charge in [-0.15, -0.1) is 0 Å². The summed E-state index contributed by atoms with van der Waals surface area (Å²) in [5.74, 6) is 0.502. The van der Waals surface area contributed by atoms with Crippen molar-refractivity contribution in [3.8, 4) is 5.75 Å². The fourth-order valence-corrected chi connectivity index (χ4v) is 3.94. The van der Waals surface area contributed by atoms with Gasteiger partial charge in [-0.3, -0.25) is 4.90 Å². The molecule has 0 saturated carbocycles. The van der Waals surface area contributed by atoms with Crippen molar-refractivity contribution in [1.29, 1.82) is 0 Å². The average molecular weight is 273 g/mol. The molecule has 0 bridgehead atoms. The Hall–Kier alpha value is -1.02. The molecule has 1 aliphatic carbocycles. The maximum atomic E-state index is 10.1. The van der Waals surface area contributed by atoms with E-state index in [0.29, 0.717) is 17.2 Å². The summed E-state index contributed by atoms with van der Waals surface area (Å²) >= 11 is 0. The van der Waals surface area contributed by atoms with Crippen LogP contribution in [0.3, 0.4) is 0 Å². The molecule has 2 nitrogen and oxygen atoms in total. The molecule has 1 N–H and O–H groups in total. The van der Waals surface area contributed by atoms with Gasteiger partial charge in [0.15, 0.2) is 0 Å². The second-order valence-corrected chi connectivity index (χ2v) is 7.31. The highest BCUT2D eigenvalue weighted by Crippen LogP contribution is 2.40. The number of benzene rings is 1. The molecule has 1 saturated heterocycles. The lowest BCUT2D eigenvalue weighted by molar-refractivity contribution is 0.177. The zero-order valence-electron chi connectivity index (χ0n) is 12.9. The highest BCUT2D eigenvalue weighted by Gasteiger charge is 2.30. The Kier molecular flexibility index (Phi) is 3.76. The van der Waals surface area contributed by atoms with Crippen molar-refractivity contribution in [2.45, 2.75) is 58.4 Å². The first-order valence-corrected chi connectivity index (χ1v) is 8.12. The zero-order valence-corrected chi connectivity index (χ0v) is 12.9. The summed E-state index contributed by atoms with van der Waals surface area (Å²) in [6, 6.07) is 6.61. The first-order chi connectivity index (χ1) is 9.57. The minimum Gasteiger partial charge on any atom is -0.508 e. The van der Waals surface area contributed by atoms with Crippen LogP contribution in [0.15, 0.2) is 18.2 Å². The highest BCUT2D eigenvalue weighted by molar-refractivity contribution is 5.42. The Morgan fingerprint density at radius 1 is 1.15 bits per heavy atom. The van der Waals surface area contributed by atoms with E-state index >= 15 is 0 Å². The summed E-state index contributed by atoms with van der Waals surface area (Å²) in [4.78, 5) is 2.67. The van der Waals surface area contributed by atoms with Crippen molar-refractivity contribution in [3.63, 3.8) is 0 Å². The molecule has 110 valence electrons. The second kappa shape index (κ2) is 5.40. The smallest absolute Gasteiger partial charge is 0.119 e. The van der Waals surface area contributed by atoms with Crippen LogP contribution < -0.4 is 0 Å². The van der Waals surface area contributed by atoms with Crippen molar-refractivity contribution in [3.05, 3.63) is 29.3 Å². The van der Waals surface area contributed by atoms with Gasteiger partial charge in [-0.25, -0.2) is 0 Å². The maximum absolute atomic E-state index is 10.1. The summed E-state index contributed by atoms with van der Waals surface area (Å²) in [5, 5.41) is 10.1. The molecule has 2 heteroatoms. The Bertz CT molecular complexity index is 480. The molecule has 0 spiro atoms. The number of aromatic hydroxyl groups is 1. The monoisotopic (exact) mass is 273 g/mol. The molecule has 1 atom stereocenters. The van der Waals surface area contributed by atoms with Crippen molar-refractivity contribution >= 4 is 0 Å². The van der Waals surface area contributed by atoms with E-state index in [0.717, 1.165) is 6.42 Å². The molecule has 1 aromatic rings. The number of nitrogens with zero attached hydrogens (tertiary/aromatic N) is 1. The summed E-state index contributed by atoms with van der Waals surface area (Å²) < 4.78 is 0. The van der Waals surface area contributed by atoms with Crippen molar-refractivity contribution in [2.75, 3.05) is 13.1 Å². The van der Waals surface area contributed by atoms with Gasteiger partial charge < -0.3 is 5.11 Å². The predicted molar refractivity (Wildman–Crippen MR) is 83.0 cm³/mol. The van der Waals surface area contributed by atoms with Crippen LogP contribution in [0.25, 0.3) is 0 Å². The van der Waals surface area contributed by atoms with Gasteiger partial charge in [0.1, 0.15) is 5.75 Å². The van der Waals surface area contributed by atoms with Crippen LogP contribution in [-0.4, -0.2) is 23.1 Å². The van der Waals surface area contributed by atoms with Crippen LogP contribution in [0.2, 0.25) is 0 Å². The standard InChI is InChI=1S/C18H27NO/c1-18(2)10-5-12-19(13-11-18)16-8-3-7-15-14(16)6-4-9-17(15)20/h4,6,9,16,20H,3,5,7-8,10-13H2,1-2H3. The van der Waals surface area contributed by atoms with Crippen molar-refractivity contribution in [2.24, 2.45) is 5.41 Å². The van der Waals surface area contributed by atoms with Gasteiger partial charge >= 0.3 is 0 Å². The molecule has 2 aliphatic rings. The van der Waals surface area contributed by atoms with Gasteiger partial charge in [-0.2, -0.15) is 0 Å². The topological polar surface area (TPSA) is 23.5 Å². The summed E-state index contributed by atoms with van der Waals surface area (Å²) in [6.45, 7) is 7.21. The Morgan fingerprint density at radius 2 is 2.00 bits per heavy atom. The quantitative estimate of drug-likeness (QED) is 0.825. The third kappa shape index (κ3) is 2.71. The van der Waals surface area contributed by atoms with Crippen LogP contribution >= 0.6 is 0 Å². The second-order valence-electron chi connectivity index (χ2n) is 7.31. The fourth-order valence-electron chi connectivity index (χ4n) is 3.94. The average Bonchev–Trinajstić information content (AvgIpc) is 2.60. The molecular weight excluding hydrogens is 246 g/mol. The molecule has 20 heavy (non-hydrogen) atoms. The van der Waals surface area contributed by atoms with Crippen molar-refractivity contribution < 1.29 is 5.11 Å². The first-order valence-electron chi connectivity index (χ1n) is 8.12. The summed E-state index contributed by atoms with van der Waals surface area (Å²) in [6.07, 6.45) is 7.42. The molecular formula is C18H27NO. The van der Waals surface area contributed by atoms with E-state index in [1.807, 2.05) is 12.1 Å². The highest BCUT2D eigenvalue weighted by atomic mass is 16.3. The molecule has 3 rings (SSSR count). The molecule has 1 aliphatic heterocycles. The Labute approximate surface area is 122 Å². The van der Waals surface area contributed by atoms with E-state index in [1.54, 1.807) is 0 Å². The van der Waals surface area contributed by atoms with Crippen LogP contribution in [0.1, 0.15) is 63.1 Å². The lowest BCUT2D eigenvalue weighted by atomic mass is 9.85. The van der Waals surface area contributed by atoms with Crippen LogP contribution in [-0.2, 0) is 6.42 Å². The SMILES string of the molecule is CC1(C)CCCN(C2CCCc3c(O)cccc32)CC1. The zero-order chi connectivity index (χ0) is 14.2. The van der Waals surface area contributed by atoms with Crippen LogP contribution in [0.4, 0.5) is 0 Å². The van der Waals surface area contributed by atoms with Crippen molar-refractivity contribution in [1.82, 2.24) is 4.90 Å². The molecule has 0 aromatic heterocycles. The number of rotatable bonds is 1. The lowest BCUT2D eigenvalue weighted by Crippen LogP contribution is -2.32. The fraction of sp³-hybridized carbons (Fsp3) is 0.667. The first kappa shape index (κ1) is 13.9. The van der Waals surface area contributed by atoms with Crippen LogP contribution in [0.5, 0.6) is 5.75 Å². The van der Waals surface area contributed by atoms with E-state index < -0.39 is 0 Å². The summed E-state index contributed by atoms with van der Waals surface area (Å²) in [7, 11) is 0. The maximum Gasteiger partial charge on any atom is 0.119 e. The molecule has 0 amide bonds. The van der Waals surface area contributed by atoms with E-state index in [1.165, 1.54) is 56.3 Å². The Morgan fingerprint density at radius 3 is 2.85 bits per heavy atom. The summed E-state index contributed by atoms with van der Waals surface area (Å²) in [5.41, 5.74) is 3.08. The molecule has 1 aromatic carbocycles. The van der Waals surface area contributed by atoms with E-state index in [4.69, 9.17) is 0 Å². The molecule has 0 radical (unpaired) electrons. The number of fused-ring (bicyclic) bond motifs is 1. The van der Waals surface area contributed by atoms with Gasteiger partial charge in [-0.1, -0.05) is 26.0 Å². The van der Waals surface area contributed by atoms with Gasteiger partial charge in [0.25, 0.3) is 0 Å². The minimum atomic E-state index is 0.491. The molecule has 1 heterocycles. The van der Waals surface area contributed by atoms with E-state index in [2.05, 4.69) is 24.8 Å². The number of hydrogen-bond donors (Lipinski definition) is 1. The predicted octanol–water partition coefficient (Wildman–Crippen LogP) is 4.28. The van der Waals surface area contributed by atoms with Gasteiger partial charge in [0.05, 0.1) is 0 Å². The molecule has 1 fully saturated rings. The lowest BCUT2D eigenvalue weighted by Gasteiger charge is -2.35. The normalized spacial score (nSPS) is 26.8. The number of likely N-dealkylation sites (tertiary alicyclic amines) is 1. The largest absolute Gasteiger partial charge is 0.508 e. The van der Waals surface area contributed by atoms with Gasteiger partial charge in [0, 0.05) is 6.04 Å². The van der Waals surface area contributed by atoms with Gasteiger partial charge in [0.2, 0.25) is 0 Å². The van der Waals surface area contributed by atoms with Crippen LogP contribution in [0, 0.1) is 5.41 Å². The third-order valence-corrected chi connectivity index (χ3v) is 5.27. The Balaban J connectivity index is 1.84. The minimum absolute atomic E-state index is 0.491. The number of hydrogen-bond acceptors (Lipinski definition) is 2. The van der Waals surface area contributed by atoms with E-state index in [9.17, 15) is 5.11 Å². The molecule has 1 unspecified atom stereocenters. The third-order valence-electron chi connectivity index (χ3n) is 5.27. The number of phenols is 1.